The van der Waals surface area contributed by atoms with Crippen LogP contribution >= 0.6 is 11.6 Å². The third-order valence-corrected chi connectivity index (χ3v) is 3.24. The second kappa shape index (κ2) is 8.12. The second-order valence-electron chi connectivity index (χ2n) is 5.10. The summed E-state index contributed by atoms with van der Waals surface area (Å²) < 4.78 is 0. The molecule has 2 N–H and O–H groups in total. The van der Waals surface area contributed by atoms with Gasteiger partial charge in [0.25, 0.3) is 0 Å². The molecule has 0 saturated carbocycles. The van der Waals surface area contributed by atoms with Crippen molar-refractivity contribution in [2.45, 2.75) is 33.4 Å². The van der Waals surface area contributed by atoms with Crippen LogP contribution in [-0.2, 0) is 11.3 Å². The molecule has 0 radical (unpaired) electrons. The highest BCUT2D eigenvalue weighted by molar-refractivity contribution is 6.31. The Bertz CT molecular complexity index is 449. The van der Waals surface area contributed by atoms with Crippen molar-refractivity contribution in [3.63, 3.8) is 0 Å². The number of nitrogens with zero attached hydrogens (tertiary/aromatic N) is 1. The molecule has 0 unspecified atom stereocenters. The molecule has 20 heavy (non-hydrogen) atoms. The summed E-state index contributed by atoms with van der Waals surface area (Å²) >= 11 is 6.26. The highest BCUT2D eigenvalue weighted by atomic mass is 35.5. The smallest absolute Gasteiger partial charge is 0.239 e. The number of hydrogen-bond donors (Lipinski definition) is 2. The lowest BCUT2D eigenvalue weighted by atomic mass is 10.1. The van der Waals surface area contributed by atoms with Crippen molar-refractivity contribution in [2.75, 3.05) is 25.0 Å². The minimum absolute atomic E-state index is 0.0110. The standard InChI is InChI=1S/C15H24ClN3O/c1-5-17-9-12-13(16)7-6-8-14(12)19(4)10-15(20)18-11(2)3/h6-8,11,17H,5,9-10H2,1-4H3,(H,18,20). The third kappa shape index (κ3) is 5.02. The highest BCUT2D eigenvalue weighted by Crippen LogP contribution is 2.26. The minimum atomic E-state index is 0.0110. The van der Waals surface area contributed by atoms with Gasteiger partial charge >= 0.3 is 0 Å². The van der Waals surface area contributed by atoms with Crippen molar-refractivity contribution < 1.29 is 4.79 Å². The van der Waals surface area contributed by atoms with E-state index in [0.29, 0.717) is 13.1 Å². The molecule has 1 aromatic carbocycles. The van der Waals surface area contributed by atoms with Gasteiger partial charge in [-0.05, 0) is 32.5 Å². The van der Waals surface area contributed by atoms with Crippen LogP contribution in [0.4, 0.5) is 5.69 Å². The average Bonchev–Trinajstić information content (AvgIpc) is 2.35. The van der Waals surface area contributed by atoms with Crippen LogP contribution in [-0.4, -0.2) is 32.1 Å². The fraction of sp³-hybridized carbons (Fsp3) is 0.533. The molecule has 0 bridgehead atoms. The summed E-state index contributed by atoms with van der Waals surface area (Å²) in [5.74, 6) is 0.0110. The number of amides is 1. The van der Waals surface area contributed by atoms with E-state index in [-0.39, 0.29) is 11.9 Å². The zero-order valence-electron chi connectivity index (χ0n) is 12.7. The summed E-state index contributed by atoms with van der Waals surface area (Å²) in [5.41, 5.74) is 2.01. The Morgan fingerprint density at radius 3 is 2.70 bits per heavy atom. The van der Waals surface area contributed by atoms with Crippen LogP contribution in [0.1, 0.15) is 26.3 Å². The summed E-state index contributed by atoms with van der Waals surface area (Å²) in [4.78, 5) is 13.8. The van der Waals surface area contributed by atoms with Gasteiger partial charge in [0.15, 0.2) is 0 Å². The quantitative estimate of drug-likeness (QED) is 0.812. The maximum Gasteiger partial charge on any atom is 0.239 e. The summed E-state index contributed by atoms with van der Waals surface area (Å²) in [6, 6.07) is 5.92. The highest BCUT2D eigenvalue weighted by Gasteiger charge is 2.13. The third-order valence-electron chi connectivity index (χ3n) is 2.89. The van der Waals surface area contributed by atoms with E-state index < -0.39 is 0 Å². The Balaban J connectivity index is 2.83. The average molecular weight is 298 g/mol. The van der Waals surface area contributed by atoms with E-state index in [0.717, 1.165) is 22.8 Å². The molecule has 0 aliphatic heterocycles. The normalized spacial score (nSPS) is 10.7. The monoisotopic (exact) mass is 297 g/mol. The first-order valence-electron chi connectivity index (χ1n) is 6.94. The van der Waals surface area contributed by atoms with E-state index in [4.69, 9.17) is 11.6 Å². The number of rotatable bonds is 7. The number of hydrogen-bond acceptors (Lipinski definition) is 3. The fourth-order valence-electron chi connectivity index (χ4n) is 2.00. The lowest BCUT2D eigenvalue weighted by Gasteiger charge is -2.23. The van der Waals surface area contributed by atoms with Crippen LogP contribution in [0.2, 0.25) is 5.02 Å². The van der Waals surface area contributed by atoms with Gasteiger partial charge in [-0.3, -0.25) is 4.79 Å². The predicted molar refractivity (Wildman–Crippen MR) is 85.4 cm³/mol. The van der Waals surface area contributed by atoms with Gasteiger partial charge in [-0.25, -0.2) is 0 Å². The first-order valence-corrected chi connectivity index (χ1v) is 7.32. The number of carbonyl (C=O) groups is 1. The van der Waals surface area contributed by atoms with Crippen LogP contribution < -0.4 is 15.5 Å². The molecular weight excluding hydrogens is 274 g/mol. The lowest BCUT2D eigenvalue weighted by molar-refractivity contribution is -0.120. The SMILES string of the molecule is CCNCc1c(Cl)cccc1N(C)CC(=O)NC(C)C. The molecule has 0 fully saturated rings. The van der Waals surface area contributed by atoms with Gasteiger partial charge in [-0.2, -0.15) is 0 Å². The zero-order valence-corrected chi connectivity index (χ0v) is 13.4. The summed E-state index contributed by atoms with van der Waals surface area (Å²) in [6.07, 6.45) is 0. The number of benzene rings is 1. The van der Waals surface area contributed by atoms with Crippen molar-refractivity contribution in [3.05, 3.63) is 28.8 Å². The molecule has 0 aliphatic rings. The molecule has 0 spiro atoms. The summed E-state index contributed by atoms with van der Waals surface area (Å²) in [6.45, 7) is 7.85. The number of anilines is 1. The molecule has 0 aromatic heterocycles. The molecule has 1 rings (SSSR count). The van der Waals surface area contributed by atoms with E-state index in [1.807, 2.05) is 44.0 Å². The number of likely N-dealkylation sites (N-methyl/N-ethyl adjacent to an activating group) is 1. The maximum atomic E-state index is 11.8. The van der Waals surface area contributed by atoms with E-state index in [9.17, 15) is 4.79 Å². The molecule has 1 amide bonds. The largest absolute Gasteiger partial charge is 0.365 e. The van der Waals surface area contributed by atoms with Gasteiger partial charge in [-0.15, -0.1) is 0 Å². The molecule has 112 valence electrons. The minimum Gasteiger partial charge on any atom is -0.365 e. The van der Waals surface area contributed by atoms with Crippen molar-refractivity contribution in [2.24, 2.45) is 0 Å². The molecule has 5 heteroatoms. The van der Waals surface area contributed by atoms with Gasteiger partial charge in [0.05, 0.1) is 6.54 Å². The Kier molecular flexibility index (Phi) is 6.82. The Hall–Kier alpha value is -1.26. The van der Waals surface area contributed by atoms with Crippen LogP contribution in [0, 0.1) is 0 Å². The molecule has 1 aromatic rings. The van der Waals surface area contributed by atoms with Crippen molar-refractivity contribution in [1.82, 2.24) is 10.6 Å². The van der Waals surface area contributed by atoms with Crippen LogP contribution in [0.15, 0.2) is 18.2 Å². The fourth-order valence-corrected chi connectivity index (χ4v) is 2.23. The Labute approximate surface area is 126 Å². The predicted octanol–water partition coefficient (Wildman–Crippen LogP) is 2.41. The first-order chi connectivity index (χ1) is 9.45. The molecule has 0 aliphatic carbocycles. The van der Waals surface area contributed by atoms with Gasteiger partial charge in [0.1, 0.15) is 0 Å². The number of halogens is 1. The van der Waals surface area contributed by atoms with Gasteiger partial charge < -0.3 is 15.5 Å². The number of nitrogens with one attached hydrogen (secondary N) is 2. The molecular formula is C15H24ClN3O. The van der Waals surface area contributed by atoms with Crippen molar-refractivity contribution >= 4 is 23.2 Å². The second-order valence-corrected chi connectivity index (χ2v) is 5.50. The Morgan fingerprint density at radius 1 is 1.40 bits per heavy atom. The van der Waals surface area contributed by atoms with E-state index in [1.165, 1.54) is 0 Å². The van der Waals surface area contributed by atoms with Crippen molar-refractivity contribution in [3.8, 4) is 0 Å². The lowest BCUT2D eigenvalue weighted by Crippen LogP contribution is -2.39. The number of carbonyl (C=O) groups excluding carboxylic acids is 1. The molecule has 0 atom stereocenters. The van der Waals surface area contributed by atoms with Gasteiger partial charge in [0, 0.05) is 35.9 Å². The van der Waals surface area contributed by atoms with Gasteiger partial charge in [0.2, 0.25) is 5.91 Å². The van der Waals surface area contributed by atoms with Gasteiger partial charge in [-0.1, -0.05) is 24.6 Å². The van der Waals surface area contributed by atoms with E-state index in [1.54, 1.807) is 0 Å². The summed E-state index contributed by atoms with van der Waals surface area (Å²) in [5, 5.41) is 6.89. The molecule has 0 heterocycles. The topological polar surface area (TPSA) is 44.4 Å². The summed E-state index contributed by atoms with van der Waals surface area (Å²) in [7, 11) is 1.90. The Morgan fingerprint density at radius 2 is 2.10 bits per heavy atom. The van der Waals surface area contributed by atoms with Crippen LogP contribution in [0.3, 0.4) is 0 Å². The first kappa shape index (κ1) is 16.8. The van der Waals surface area contributed by atoms with Crippen LogP contribution in [0.5, 0.6) is 0 Å². The maximum absolute atomic E-state index is 11.8. The van der Waals surface area contributed by atoms with Crippen LogP contribution in [0.25, 0.3) is 0 Å². The zero-order chi connectivity index (χ0) is 15.1. The van der Waals surface area contributed by atoms with E-state index in [2.05, 4.69) is 17.6 Å². The molecule has 0 saturated heterocycles. The van der Waals surface area contributed by atoms with Crippen molar-refractivity contribution in [1.29, 1.82) is 0 Å². The molecule has 4 nitrogen and oxygen atoms in total. The van der Waals surface area contributed by atoms with E-state index >= 15 is 0 Å².